The molecule has 0 spiro atoms. The summed E-state index contributed by atoms with van der Waals surface area (Å²) in [6.45, 7) is 3.35. The van der Waals surface area contributed by atoms with E-state index in [-0.39, 0.29) is 12.1 Å². The number of hydrogen-bond donors (Lipinski definition) is 2. The minimum absolute atomic E-state index is 0.0449. The molecule has 8 heteroatoms. The fraction of sp³-hybridized carbons (Fsp3) is 0.333. The Balaban J connectivity index is 1.37. The number of nitrogens with one attached hydrogen (secondary N) is 2. The average Bonchev–Trinajstić information content (AvgIpc) is 3.32. The maximum Gasteiger partial charge on any atom is 0.319 e. The van der Waals surface area contributed by atoms with Crippen LogP contribution in [0.5, 0.6) is 11.5 Å². The predicted octanol–water partition coefficient (Wildman–Crippen LogP) is 3.55. The van der Waals surface area contributed by atoms with Crippen LogP contribution in [-0.2, 0) is 0 Å². The molecular formula is C21H24N4O4. The van der Waals surface area contributed by atoms with Crippen LogP contribution in [0.3, 0.4) is 0 Å². The fourth-order valence-corrected chi connectivity index (χ4v) is 3.56. The highest BCUT2D eigenvalue weighted by Crippen LogP contribution is 2.30. The van der Waals surface area contributed by atoms with Gasteiger partial charge < -0.3 is 29.4 Å². The largest absolute Gasteiger partial charge is 0.497 e. The zero-order chi connectivity index (χ0) is 20.4. The molecule has 152 valence electrons. The number of carbonyl (C=O) groups excluding carboxylic acids is 1. The topological polar surface area (TPSA) is 88.9 Å². The van der Waals surface area contributed by atoms with Gasteiger partial charge in [-0.05, 0) is 18.6 Å². The molecule has 2 heterocycles. The van der Waals surface area contributed by atoms with E-state index in [2.05, 4.69) is 20.5 Å². The molecule has 1 unspecified atom stereocenters. The van der Waals surface area contributed by atoms with Gasteiger partial charge in [0.2, 0.25) is 0 Å². The number of amides is 2. The standard InChI is InChI=1S/C21H24N4O4/c1-13-22-19-5-4-14(8-20(19)29-13)23-21(26)24-15-6-7-25(12-15)16-9-17(27-2)11-18(10-16)28-3/h4-5,8-11,15H,6-7,12H2,1-3H3,(H2,23,24,26). The molecular weight excluding hydrogens is 372 g/mol. The number of hydrogen-bond acceptors (Lipinski definition) is 6. The zero-order valence-electron chi connectivity index (χ0n) is 16.7. The van der Waals surface area contributed by atoms with Gasteiger partial charge in [-0.25, -0.2) is 9.78 Å². The van der Waals surface area contributed by atoms with E-state index in [1.807, 2.05) is 30.3 Å². The third-order valence-electron chi connectivity index (χ3n) is 4.98. The molecule has 0 saturated carbocycles. The number of urea groups is 1. The highest BCUT2D eigenvalue weighted by atomic mass is 16.5. The number of ether oxygens (including phenoxy) is 2. The first-order chi connectivity index (χ1) is 14.0. The van der Waals surface area contributed by atoms with Gasteiger partial charge in [-0.15, -0.1) is 0 Å². The minimum atomic E-state index is -0.240. The molecule has 3 aromatic rings. The lowest BCUT2D eigenvalue weighted by atomic mass is 10.2. The second-order valence-corrected chi connectivity index (χ2v) is 7.02. The number of methoxy groups -OCH3 is 2. The van der Waals surface area contributed by atoms with Crippen LogP contribution in [0.4, 0.5) is 16.2 Å². The monoisotopic (exact) mass is 396 g/mol. The lowest BCUT2D eigenvalue weighted by molar-refractivity contribution is 0.249. The summed E-state index contributed by atoms with van der Waals surface area (Å²) in [6, 6.07) is 11.0. The number of oxazole rings is 1. The molecule has 0 bridgehead atoms. The average molecular weight is 396 g/mol. The number of nitrogens with zero attached hydrogens (tertiary/aromatic N) is 2. The van der Waals surface area contributed by atoms with Gasteiger partial charge in [0.15, 0.2) is 11.5 Å². The molecule has 1 aliphatic heterocycles. The first-order valence-electron chi connectivity index (χ1n) is 9.47. The Labute approximate surface area is 168 Å². The van der Waals surface area contributed by atoms with Gasteiger partial charge in [-0.1, -0.05) is 0 Å². The van der Waals surface area contributed by atoms with Crippen molar-refractivity contribution >= 4 is 28.5 Å². The smallest absolute Gasteiger partial charge is 0.319 e. The Bertz CT molecular complexity index is 1010. The number of aromatic nitrogens is 1. The van der Waals surface area contributed by atoms with Crippen LogP contribution in [0.15, 0.2) is 40.8 Å². The van der Waals surface area contributed by atoms with Crippen LogP contribution in [-0.4, -0.2) is 44.4 Å². The molecule has 29 heavy (non-hydrogen) atoms. The van der Waals surface area contributed by atoms with Gasteiger partial charge in [0.05, 0.1) is 14.2 Å². The van der Waals surface area contributed by atoms with E-state index in [0.29, 0.717) is 23.7 Å². The van der Waals surface area contributed by atoms with E-state index < -0.39 is 0 Å². The molecule has 8 nitrogen and oxygen atoms in total. The molecule has 1 fully saturated rings. The first kappa shape index (κ1) is 18.9. The van der Waals surface area contributed by atoms with E-state index in [4.69, 9.17) is 13.9 Å². The Kier molecular flexibility index (Phi) is 5.16. The third-order valence-corrected chi connectivity index (χ3v) is 4.98. The van der Waals surface area contributed by atoms with Crippen molar-refractivity contribution in [3.05, 3.63) is 42.3 Å². The summed E-state index contributed by atoms with van der Waals surface area (Å²) in [5.41, 5.74) is 3.10. The van der Waals surface area contributed by atoms with Gasteiger partial charge in [0.1, 0.15) is 17.0 Å². The number of carbonyl (C=O) groups is 1. The number of benzene rings is 2. The van der Waals surface area contributed by atoms with Gasteiger partial charge in [-0.3, -0.25) is 0 Å². The summed E-state index contributed by atoms with van der Waals surface area (Å²) in [6.07, 6.45) is 0.854. The molecule has 1 aliphatic rings. The summed E-state index contributed by atoms with van der Waals surface area (Å²) in [7, 11) is 3.27. The van der Waals surface area contributed by atoms with Crippen molar-refractivity contribution in [3.8, 4) is 11.5 Å². The van der Waals surface area contributed by atoms with Crippen molar-refractivity contribution in [3.63, 3.8) is 0 Å². The number of rotatable bonds is 5. The van der Waals surface area contributed by atoms with Gasteiger partial charge in [-0.2, -0.15) is 0 Å². The lowest BCUT2D eigenvalue weighted by Crippen LogP contribution is -2.39. The van der Waals surface area contributed by atoms with Crippen LogP contribution in [0, 0.1) is 6.92 Å². The first-order valence-corrected chi connectivity index (χ1v) is 9.47. The maximum atomic E-state index is 12.4. The van der Waals surface area contributed by atoms with Crippen molar-refractivity contribution in [1.29, 1.82) is 0 Å². The number of aryl methyl sites for hydroxylation is 1. The van der Waals surface area contributed by atoms with E-state index in [9.17, 15) is 4.79 Å². The summed E-state index contributed by atoms with van der Waals surface area (Å²) < 4.78 is 16.2. The van der Waals surface area contributed by atoms with Crippen LogP contribution in [0.2, 0.25) is 0 Å². The lowest BCUT2D eigenvalue weighted by Gasteiger charge is -2.20. The van der Waals surface area contributed by atoms with Crippen molar-refractivity contribution < 1.29 is 18.7 Å². The van der Waals surface area contributed by atoms with E-state index in [0.717, 1.165) is 35.7 Å². The van der Waals surface area contributed by atoms with Gasteiger partial charge >= 0.3 is 6.03 Å². The second-order valence-electron chi connectivity index (χ2n) is 7.02. The van der Waals surface area contributed by atoms with E-state index in [1.54, 1.807) is 27.2 Å². The molecule has 1 aromatic heterocycles. The molecule has 2 N–H and O–H groups in total. The predicted molar refractivity (Wildman–Crippen MR) is 111 cm³/mol. The van der Waals surface area contributed by atoms with Gasteiger partial charge in [0, 0.05) is 61.7 Å². The highest BCUT2D eigenvalue weighted by Gasteiger charge is 2.25. The van der Waals surface area contributed by atoms with E-state index >= 15 is 0 Å². The fourth-order valence-electron chi connectivity index (χ4n) is 3.56. The number of anilines is 2. The zero-order valence-corrected chi connectivity index (χ0v) is 16.7. The molecule has 0 radical (unpaired) electrons. The van der Waals surface area contributed by atoms with Crippen LogP contribution in [0.25, 0.3) is 11.1 Å². The van der Waals surface area contributed by atoms with Gasteiger partial charge in [0.25, 0.3) is 0 Å². The summed E-state index contributed by atoms with van der Waals surface area (Å²) in [5, 5.41) is 5.90. The Morgan fingerprint density at radius 1 is 1.17 bits per heavy atom. The minimum Gasteiger partial charge on any atom is -0.497 e. The number of fused-ring (bicyclic) bond motifs is 1. The van der Waals surface area contributed by atoms with Crippen LogP contribution in [0.1, 0.15) is 12.3 Å². The molecule has 0 aliphatic carbocycles. The third kappa shape index (κ3) is 4.21. The van der Waals surface area contributed by atoms with E-state index in [1.165, 1.54) is 0 Å². The maximum absolute atomic E-state index is 12.4. The normalized spacial score (nSPS) is 16.1. The van der Waals surface area contributed by atoms with Crippen molar-refractivity contribution in [2.45, 2.75) is 19.4 Å². The molecule has 1 saturated heterocycles. The molecule has 4 rings (SSSR count). The van der Waals surface area contributed by atoms with Crippen molar-refractivity contribution in [1.82, 2.24) is 10.3 Å². The van der Waals surface area contributed by atoms with Crippen molar-refractivity contribution in [2.24, 2.45) is 0 Å². The van der Waals surface area contributed by atoms with Crippen LogP contribution < -0.4 is 25.0 Å². The quantitative estimate of drug-likeness (QED) is 0.686. The summed E-state index contributed by atoms with van der Waals surface area (Å²) in [4.78, 5) is 18.9. The summed E-state index contributed by atoms with van der Waals surface area (Å²) in [5.74, 6) is 2.08. The highest BCUT2D eigenvalue weighted by molar-refractivity contribution is 5.91. The Morgan fingerprint density at radius 3 is 2.66 bits per heavy atom. The molecule has 1 atom stereocenters. The summed E-state index contributed by atoms with van der Waals surface area (Å²) >= 11 is 0. The molecule has 2 amide bonds. The Morgan fingerprint density at radius 2 is 1.93 bits per heavy atom. The van der Waals surface area contributed by atoms with Crippen molar-refractivity contribution in [2.75, 3.05) is 37.5 Å². The molecule has 2 aromatic carbocycles. The van der Waals surface area contributed by atoms with Crippen LogP contribution >= 0.6 is 0 Å². The SMILES string of the molecule is COc1cc(OC)cc(N2CCC(NC(=O)Nc3ccc4nc(C)oc4c3)C2)c1. The second kappa shape index (κ2) is 7.90. The Hall–Kier alpha value is -3.42.